The van der Waals surface area contributed by atoms with Gasteiger partial charge in [0.25, 0.3) is 0 Å². The minimum absolute atomic E-state index is 0.0569. The van der Waals surface area contributed by atoms with Gasteiger partial charge in [0.2, 0.25) is 0 Å². The molecule has 2 rings (SSSR count). The van der Waals surface area contributed by atoms with Crippen molar-refractivity contribution in [1.82, 2.24) is 0 Å². The van der Waals surface area contributed by atoms with Crippen molar-refractivity contribution < 1.29 is 14.3 Å². The molecule has 0 spiro atoms. The second kappa shape index (κ2) is 6.69. The first kappa shape index (κ1) is 14.8. The van der Waals surface area contributed by atoms with Gasteiger partial charge in [-0.2, -0.15) is 0 Å². The molecule has 0 radical (unpaired) electrons. The fraction of sp³-hybridized carbons (Fsp3) is 0.529. The topological polar surface area (TPSA) is 43.4 Å². The first-order chi connectivity index (χ1) is 9.67. The number of rotatable bonds is 6. The summed E-state index contributed by atoms with van der Waals surface area (Å²) in [5.74, 6) is -0.940. The molecule has 0 N–H and O–H groups in total. The summed E-state index contributed by atoms with van der Waals surface area (Å²) in [6, 6.07) is 8.14. The van der Waals surface area contributed by atoms with Crippen LogP contribution in [0.4, 0.5) is 0 Å². The lowest BCUT2D eigenvalue weighted by atomic mass is 9.88. The Morgan fingerprint density at radius 2 is 1.80 bits per heavy atom. The van der Waals surface area contributed by atoms with E-state index in [1.54, 1.807) is 6.92 Å². The molecule has 0 heterocycles. The number of esters is 1. The maximum atomic E-state index is 12.6. The maximum absolute atomic E-state index is 12.6. The molecular weight excluding hydrogens is 252 g/mol. The molecule has 0 fully saturated rings. The van der Waals surface area contributed by atoms with Crippen molar-refractivity contribution in [3.05, 3.63) is 35.4 Å². The summed E-state index contributed by atoms with van der Waals surface area (Å²) in [5.41, 5.74) is 2.48. The third-order valence-corrected chi connectivity index (χ3v) is 3.95. The van der Waals surface area contributed by atoms with Crippen LogP contribution in [-0.2, 0) is 27.2 Å². The average molecular weight is 274 g/mol. The molecule has 108 valence electrons. The molecule has 1 aliphatic carbocycles. The Bertz CT molecular complexity index is 468. The van der Waals surface area contributed by atoms with Gasteiger partial charge in [-0.25, -0.2) is 0 Å². The van der Waals surface area contributed by atoms with Crippen LogP contribution in [0.5, 0.6) is 0 Å². The van der Waals surface area contributed by atoms with E-state index >= 15 is 0 Å². The van der Waals surface area contributed by atoms with Crippen LogP contribution in [0.15, 0.2) is 24.3 Å². The molecule has 0 amide bonds. The molecule has 0 saturated carbocycles. The summed E-state index contributed by atoms with van der Waals surface area (Å²) in [4.78, 5) is 24.6. The van der Waals surface area contributed by atoms with Gasteiger partial charge in [-0.05, 0) is 37.3 Å². The highest BCUT2D eigenvalue weighted by molar-refractivity contribution is 6.00. The Hall–Kier alpha value is -1.64. The van der Waals surface area contributed by atoms with Gasteiger partial charge in [0.15, 0.2) is 5.78 Å². The number of hydrogen-bond acceptors (Lipinski definition) is 3. The van der Waals surface area contributed by atoms with Crippen LogP contribution in [0.2, 0.25) is 0 Å². The third-order valence-electron chi connectivity index (χ3n) is 3.95. The van der Waals surface area contributed by atoms with E-state index in [1.165, 1.54) is 11.1 Å². The highest BCUT2D eigenvalue weighted by Gasteiger charge is 2.35. The van der Waals surface area contributed by atoms with Gasteiger partial charge in [0.05, 0.1) is 6.61 Å². The van der Waals surface area contributed by atoms with Crippen LogP contribution in [-0.4, -0.2) is 18.4 Å². The van der Waals surface area contributed by atoms with Crippen LogP contribution >= 0.6 is 0 Å². The normalized spacial score (nSPS) is 15.7. The van der Waals surface area contributed by atoms with Gasteiger partial charge in [-0.3, -0.25) is 9.59 Å². The molecule has 3 nitrogen and oxygen atoms in total. The molecule has 3 heteroatoms. The van der Waals surface area contributed by atoms with Crippen LogP contribution in [0.25, 0.3) is 0 Å². The molecule has 0 bridgehead atoms. The summed E-state index contributed by atoms with van der Waals surface area (Å²) >= 11 is 0. The summed E-state index contributed by atoms with van der Waals surface area (Å²) in [6.45, 7) is 4.09. The van der Waals surface area contributed by atoms with E-state index in [-0.39, 0.29) is 17.7 Å². The Labute approximate surface area is 120 Å². The Morgan fingerprint density at radius 3 is 2.30 bits per heavy atom. The van der Waals surface area contributed by atoms with Gasteiger partial charge in [0, 0.05) is 5.92 Å². The van der Waals surface area contributed by atoms with Crippen molar-refractivity contribution in [3.63, 3.8) is 0 Å². The highest BCUT2D eigenvalue weighted by atomic mass is 16.5. The van der Waals surface area contributed by atoms with Crippen molar-refractivity contribution >= 4 is 11.8 Å². The number of Topliss-reactive ketones (excluding diaryl/α,β-unsaturated/α-hetero) is 1. The predicted molar refractivity (Wildman–Crippen MR) is 77.4 cm³/mol. The second-order valence-electron chi connectivity index (χ2n) is 5.37. The van der Waals surface area contributed by atoms with E-state index in [0.717, 1.165) is 19.3 Å². The molecule has 0 saturated heterocycles. The van der Waals surface area contributed by atoms with Crippen LogP contribution in [0, 0.1) is 11.8 Å². The summed E-state index contributed by atoms with van der Waals surface area (Å²) in [7, 11) is 0. The van der Waals surface area contributed by atoms with Gasteiger partial charge in [-0.15, -0.1) is 0 Å². The minimum Gasteiger partial charge on any atom is -0.465 e. The molecule has 0 aromatic heterocycles. The number of carbonyl (C=O) groups is 2. The zero-order chi connectivity index (χ0) is 14.5. The Morgan fingerprint density at radius 1 is 1.20 bits per heavy atom. The highest BCUT2D eigenvalue weighted by Crippen LogP contribution is 2.30. The molecule has 20 heavy (non-hydrogen) atoms. The molecule has 1 atom stereocenters. The molecular formula is C17H22O3. The van der Waals surface area contributed by atoms with E-state index in [9.17, 15) is 9.59 Å². The SMILES string of the molecule is CCCC(C(=O)OCC)C(=O)C1Cc2ccccc2C1. The lowest BCUT2D eigenvalue weighted by Gasteiger charge is -2.17. The monoisotopic (exact) mass is 274 g/mol. The first-order valence-corrected chi connectivity index (χ1v) is 7.44. The summed E-state index contributed by atoms with van der Waals surface area (Å²) in [5, 5.41) is 0. The van der Waals surface area contributed by atoms with Crippen molar-refractivity contribution in [3.8, 4) is 0 Å². The number of carbonyl (C=O) groups excluding carboxylic acids is 2. The van der Waals surface area contributed by atoms with E-state index in [1.807, 2.05) is 19.1 Å². The number of ether oxygens (including phenoxy) is 1. The second-order valence-corrected chi connectivity index (χ2v) is 5.37. The van der Waals surface area contributed by atoms with Gasteiger partial charge < -0.3 is 4.74 Å². The molecule has 1 unspecified atom stereocenters. The molecule has 1 aromatic rings. The van der Waals surface area contributed by atoms with E-state index in [0.29, 0.717) is 13.0 Å². The average Bonchev–Trinajstić information content (AvgIpc) is 2.88. The van der Waals surface area contributed by atoms with Gasteiger partial charge in [-0.1, -0.05) is 37.6 Å². The van der Waals surface area contributed by atoms with E-state index < -0.39 is 5.92 Å². The fourth-order valence-corrected chi connectivity index (χ4v) is 2.95. The molecule has 0 aliphatic heterocycles. The maximum Gasteiger partial charge on any atom is 0.316 e. The van der Waals surface area contributed by atoms with Crippen LogP contribution < -0.4 is 0 Å². The van der Waals surface area contributed by atoms with E-state index in [2.05, 4.69) is 12.1 Å². The zero-order valence-electron chi connectivity index (χ0n) is 12.2. The zero-order valence-corrected chi connectivity index (χ0v) is 12.2. The molecule has 1 aliphatic rings. The quantitative estimate of drug-likeness (QED) is 0.591. The number of benzene rings is 1. The predicted octanol–water partition coefficient (Wildman–Crippen LogP) is 2.95. The number of fused-ring (bicyclic) bond motifs is 1. The van der Waals surface area contributed by atoms with Crippen molar-refractivity contribution in [2.45, 2.75) is 39.5 Å². The minimum atomic E-state index is -0.584. The smallest absolute Gasteiger partial charge is 0.316 e. The van der Waals surface area contributed by atoms with Gasteiger partial charge >= 0.3 is 5.97 Å². The van der Waals surface area contributed by atoms with Crippen LogP contribution in [0.3, 0.4) is 0 Å². The molecule has 1 aromatic carbocycles. The Balaban J connectivity index is 2.08. The van der Waals surface area contributed by atoms with E-state index in [4.69, 9.17) is 4.74 Å². The largest absolute Gasteiger partial charge is 0.465 e. The Kier molecular flexibility index (Phi) is 4.94. The van der Waals surface area contributed by atoms with Gasteiger partial charge in [0.1, 0.15) is 5.92 Å². The van der Waals surface area contributed by atoms with Crippen molar-refractivity contribution in [2.75, 3.05) is 6.61 Å². The third kappa shape index (κ3) is 3.09. The number of ketones is 1. The fourth-order valence-electron chi connectivity index (χ4n) is 2.95. The summed E-state index contributed by atoms with van der Waals surface area (Å²) in [6.07, 6.45) is 2.92. The van der Waals surface area contributed by atoms with Crippen LogP contribution in [0.1, 0.15) is 37.8 Å². The standard InChI is InChI=1S/C17H22O3/c1-3-7-15(17(19)20-4-2)16(18)14-10-12-8-5-6-9-13(12)11-14/h5-6,8-9,14-15H,3-4,7,10-11H2,1-2H3. The lowest BCUT2D eigenvalue weighted by Crippen LogP contribution is -2.31. The summed E-state index contributed by atoms with van der Waals surface area (Å²) < 4.78 is 5.05. The number of hydrogen-bond donors (Lipinski definition) is 0. The van der Waals surface area contributed by atoms with Crippen molar-refractivity contribution in [1.29, 1.82) is 0 Å². The first-order valence-electron chi connectivity index (χ1n) is 7.44. The van der Waals surface area contributed by atoms with Crippen molar-refractivity contribution in [2.24, 2.45) is 11.8 Å². The lowest BCUT2D eigenvalue weighted by molar-refractivity contribution is -0.152.